The van der Waals surface area contributed by atoms with Gasteiger partial charge in [-0.05, 0) is 55.0 Å². The highest BCUT2D eigenvalue weighted by Gasteiger charge is 2.25. The Kier molecular flexibility index (Phi) is 4.79. The van der Waals surface area contributed by atoms with Crippen molar-refractivity contribution in [3.8, 4) is 0 Å². The summed E-state index contributed by atoms with van der Waals surface area (Å²) in [6, 6.07) is 12.6. The molecule has 0 radical (unpaired) electrons. The summed E-state index contributed by atoms with van der Waals surface area (Å²) in [4.78, 5) is 4.38. The van der Waals surface area contributed by atoms with Gasteiger partial charge >= 0.3 is 0 Å². The van der Waals surface area contributed by atoms with Gasteiger partial charge in [0, 0.05) is 24.5 Å². The summed E-state index contributed by atoms with van der Waals surface area (Å²) in [6.45, 7) is 1.00. The Morgan fingerprint density at radius 1 is 1.14 bits per heavy atom. The molecule has 110 valence electrons. The van der Waals surface area contributed by atoms with Gasteiger partial charge in [0.25, 0.3) is 0 Å². The quantitative estimate of drug-likeness (QED) is 0.899. The number of benzene rings is 1. The first-order valence-electron chi connectivity index (χ1n) is 7.30. The number of halogens is 2. The molecular formula is C17H18Cl2N2. The van der Waals surface area contributed by atoms with Crippen LogP contribution in [0.2, 0.25) is 10.0 Å². The highest BCUT2D eigenvalue weighted by atomic mass is 35.5. The predicted molar refractivity (Wildman–Crippen MR) is 88.2 cm³/mol. The minimum Gasteiger partial charge on any atom is -0.313 e. The molecule has 2 unspecified atom stereocenters. The number of hydrogen-bond donors (Lipinski definition) is 1. The van der Waals surface area contributed by atoms with Crippen LogP contribution in [0.1, 0.15) is 30.0 Å². The van der Waals surface area contributed by atoms with Crippen molar-refractivity contribution in [1.82, 2.24) is 10.3 Å². The standard InChI is InChI=1S/C17H18Cl2N2/c18-16-7-4-12(10-17(16)19)13-9-15(21-11-13)6-5-14-3-1-2-8-20-14/h1-4,7-8,10,13,15,21H,5-6,9,11H2. The summed E-state index contributed by atoms with van der Waals surface area (Å²) < 4.78 is 0. The van der Waals surface area contributed by atoms with Gasteiger partial charge in [-0.2, -0.15) is 0 Å². The number of hydrogen-bond acceptors (Lipinski definition) is 2. The van der Waals surface area contributed by atoms with E-state index in [-0.39, 0.29) is 0 Å². The first-order chi connectivity index (χ1) is 10.2. The fourth-order valence-corrected chi connectivity index (χ4v) is 3.23. The number of aryl methyl sites for hydroxylation is 1. The van der Waals surface area contributed by atoms with Crippen LogP contribution in [0, 0.1) is 0 Å². The summed E-state index contributed by atoms with van der Waals surface area (Å²) >= 11 is 12.1. The summed E-state index contributed by atoms with van der Waals surface area (Å²) in [5.41, 5.74) is 2.44. The minimum absolute atomic E-state index is 0.522. The Morgan fingerprint density at radius 3 is 2.81 bits per heavy atom. The highest BCUT2D eigenvalue weighted by Crippen LogP contribution is 2.31. The normalized spacial score (nSPS) is 21.6. The van der Waals surface area contributed by atoms with Crippen molar-refractivity contribution >= 4 is 23.2 Å². The monoisotopic (exact) mass is 320 g/mol. The first kappa shape index (κ1) is 14.8. The predicted octanol–water partition coefficient (Wildman–Crippen LogP) is 4.47. The number of pyridine rings is 1. The molecule has 1 aliphatic rings. The van der Waals surface area contributed by atoms with E-state index in [0.29, 0.717) is 22.0 Å². The van der Waals surface area contributed by atoms with E-state index >= 15 is 0 Å². The van der Waals surface area contributed by atoms with Gasteiger partial charge in [-0.1, -0.05) is 35.3 Å². The Morgan fingerprint density at radius 2 is 2.05 bits per heavy atom. The second-order valence-electron chi connectivity index (χ2n) is 5.57. The Labute approximate surface area is 135 Å². The lowest BCUT2D eigenvalue weighted by molar-refractivity contribution is 0.551. The number of nitrogens with zero attached hydrogens (tertiary/aromatic N) is 1. The third kappa shape index (κ3) is 3.76. The van der Waals surface area contributed by atoms with Crippen LogP contribution in [0.5, 0.6) is 0 Å². The van der Waals surface area contributed by atoms with Crippen LogP contribution in [-0.4, -0.2) is 17.6 Å². The molecule has 0 amide bonds. The van der Waals surface area contributed by atoms with Gasteiger partial charge in [0.15, 0.2) is 0 Å². The Hall–Kier alpha value is -1.09. The average Bonchev–Trinajstić information content (AvgIpc) is 2.98. The van der Waals surface area contributed by atoms with Crippen molar-refractivity contribution in [2.45, 2.75) is 31.2 Å². The topological polar surface area (TPSA) is 24.9 Å². The number of aromatic nitrogens is 1. The van der Waals surface area contributed by atoms with Crippen molar-refractivity contribution < 1.29 is 0 Å². The van der Waals surface area contributed by atoms with E-state index in [9.17, 15) is 0 Å². The van der Waals surface area contributed by atoms with Gasteiger partial charge in [-0.15, -0.1) is 0 Å². The lowest BCUT2D eigenvalue weighted by atomic mass is 9.95. The molecule has 21 heavy (non-hydrogen) atoms. The van der Waals surface area contributed by atoms with Crippen LogP contribution in [-0.2, 0) is 6.42 Å². The molecule has 2 nitrogen and oxygen atoms in total. The van der Waals surface area contributed by atoms with Crippen molar-refractivity contribution in [2.24, 2.45) is 0 Å². The van der Waals surface area contributed by atoms with E-state index in [0.717, 1.165) is 31.5 Å². The van der Waals surface area contributed by atoms with E-state index < -0.39 is 0 Å². The van der Waals surface area contributed by atoms with Gasteiger partial charge in [0.1, 0.15) is 0 Å². The fourth-order valence-electron chi connectivity index (χ4n) is 2.93. The van der Waals surface area contributed by atoms with E-state index in [4.69, 9.17) is 23.2 Å². The molecular weight excluding hydrogens is 303 g/mol. The van der Waals surface area contributed by atoms with Crippen molar-refractivity contribution in [3.63, 3.8) is 0 Å². The van der Waals surface area contributed by atoms with Gasteiger partial charge < -0.3 is 5.32 Å². The molecule has 1 aromatic heterocycles. The van der Waals surface area contributed by atoms with Gasteiger partial charge in [0.2, 0.25) is 0 Å². The maximum absolute atomic E-state index is 6.11. The number of rotatable bonds is 4. The zero-order chi connectivity index (χ0) is 14.7. The van der Waals surface area contributed by atoms with Crippen molar-refractivity contribution in [2.75, 3.05) is 6.54 Å². The van der Waals surface area contributed by atoms with E-state index in [2.05, 4.69) is 22.4 Å². The summed E-state index contributed by atoms with van der Waals surface area (Å²) in [6.07, 6.45) is 5.14. The van der Waals surface area contributed by atoms with Crippen LogP contribution >= 0.6 is 23.2 Å². The second-order valence-corrected chi connectivity index (χ2v) is 6.39. The Bertz CT molecular complexity index is 601. The molecule has 0 aliphatic carbocycles. The molecule has 1 N–H and O–H groups in total. The maximum Gasteiger partial charge on any atom is 0.0595 e. The molecule has 1 saturated heterocycles. The zero-order valence-corrected chi connectivity index (χ0v) is 13.2. The van der Waals surface area contributed by atoms with E-state index in [1.54, 1.807) is 0 Å². The third-order valence-corrected chi connectivity index (χ3v) is 4.85. The first-order valence-corrected chi connectivity index (χ1v) is 8.06. The van der Waals surface area contributed by atoms with Crippen molar-refractivity contribution in [3.05, 3.63) is 63.9 Å². The average molecular weight is 321 g/mol. The third-order valence-electron chi connectivity index (χ3n) is 4.11. The lowest BCUT2D eigenvalue weighted by Crippen LogP contribution is -2.21. The summed E-state index contributed by atoms with van der Waals surface area (Å²) in [5.74, 6) is 0.522. The zero-order valence-electron chi connectivity index (χ0n) is 11.7. The SMILES string of the molecule is Clc1ccc(C2CNC(CCc3ccccn3)C2)cc1Cl. The summed E-state index contributed by atoms with van der Waals surface area (Å²) in [7, 11) is 0. The molecule has 0 saturated carbocycles. The maximum atomic E-state index is 6.11. The molecule has 0 bridgehead atoms. The molecule has 2 atom stereocenters. The minimum atomic E-state index is 0.522. The molecule has 2 heterocycles. The van der Waals surface area contributed by atoms with E-state index in [1.807, 2.05) is 30.5 Å². The molecule has 2 aromatic rings. The van der Waals surface area contributed by atoms with Crippen molar-refractivity contribution in [1.29, 1.82) is 0 Å². The fraction of sp³-hybridized carbons (Fsp3) is 0.353. The highest BCUT2D eigenvalue weighted by molar-refractivity contribution is 6.42. The van der Waals surface area contributed by atoms with E-state index in [1.165, 1.54) is 5.56 Å². The Balaban J connectivity index is 1.56. The van der Waals surface area contributed by atoms with Gasteiger partial charge in [-0.3, -0.25) is 4.98 Å². The largest absolute Gasteiger partial charge is 0.313 e. The number of nitrogens with one attached hydrogen (secondary N) is 1. The van der Waals surface area contributed by atoms with Crippen LogP contribution < -0.4 is 5.32 Å². The van der Waals surface area contributed by atoms with Crippen LogP contribution in [0.15, 0.2) is 42.6 Å². The van der Waals surface area contributed by atoms with Crippen LogP contribution in [0.4, 0.5) is 0 Å². The molecule has 1 fully saturated rings. The molecule has 4 heteroatoms. The second kappa shape index (κ2) is 6.78. The molecule has 0 spiro atoms. The smallest absolute Gasteiger partial charge is 0.0595 e. The van der Waals surface area contributed by atoms with Crippen LogP contribution in [0.25, 0.3) is 0 Å². The lowest BCUT2D eigenvalue weighted by Gasteiger charge is -2.11. The molecule has 1 aromatic carbocycles. The molecule has 1 aliphatic heterocycles. The summed E-state index contributed by atoms with van der Waals surface area (Å²) in [5, 5.41) is 4.87. The van der Waals surface area contributed by atoms with Gasteiger partial charge in [0.05, 0.1) is 10.0 Å². The van der Waals surface area contributed by atoms with Gasteiger partial charge in [-0.25, -0.2) is 0 Å². The van der Waals surface area contributed by atoms with Crippen LogP contribution in [0.3, 0.4) is 0 Å². The molecule has 3 rings (SSSR count).